The van der Waals surface area contributed by atoms with E-state index in [2.05, 4.69) is 5.32 Å². The zero-order valence-corrected chi connectivity index (χ0v) is 16.9. The molecule has 0 bridgehead atoms. The third-order valence-corrected chi connectivity index (χ3v) is 4.04. The van der Waals surface area contributed by atoms with Crippen LogP contribution in [0.3, 0.4) is 0 Å². The molecule has 0 fully saturated rings. The monoisotopic (exact) mass is 412 g/mol. The first kappa shape index (κ1) is 22.6. The Morgan fingerprint density at radius 2 is 1.53 bits per heavy atom. The van der Waals surface area contributed by atoms with Crippen molar-refractivity contribution in [2.45, 2.75) is 19.9 Å². The van der Waals surface area contributed by atoms with Gasteiger partial charge in [0, 0.05) is 11.3 Å². The molecule has 0 saturated carbocycles. The summed E-state index contributed by atoms with van der Waals surface area (Å²) in [7, 11) is 0. The number of hydrogen-bond donors (Lipinski definition) is 1. The summed E-state index contributed by atoms with van der Waals surface area (Å²) < 4.78 is 9.95. The molecule has 8 heteroatoms. The van der Waals surface area contributed by atoms with Crippen LogP contribution in [0, 0.1) is 0 Å². The molecule has 158 valence electrons. The van der Waals surface area contributed by atoms with E-state index in [-0.39, 0.29) is 13.2 Å². The average Bonchev–Trinajstić information content (AvgIpc) is 2.76. The van der Waals surface area contributed by atoms with Crippen molar-refractivity contribution in [1.29, 1.82) is 0 Å². The highest BCUT2D eigenvalue weighted by Crippen LogP contribution is 2.14. The van der Waals surface area contributed by atoms with Gasteiger partial charge in [0.05, 0.1) is 6.61 Å². The van der Waals surface area contributed by atoms with Crippen LogP contribution in [-0.2, 0) is 23.9 Å². The lowest BCUT2D eigenvalue weighted by atomic mass is 10.2. The topological polar surface area (TPSA) is 102 Å². The summed E-state index contributed by atoms with van der Waals surface area (Å²) in [5.41, 5.74) is 0.870. The number of anilines is 1. The molecule has 1 N–H and O–H groups in total. The maximum Gasteiger partial charge on any atom is 0.328 e. The van der Waals surface area contributed by atoms with Gasteiger partial charge in [-0.2, -0.15) is 0 Å². The van der Waals surface area contributed by atoms with Crippen molar-refractivity contribution < 1.29 is 28.7 Å². The van der Waals surface area contributed by atoms with Gasteiger partial charge in [0.2, 0.25) is 0 Å². The number of hydrogen-bond acceptors (Lipinski definition) is 6. The summed E-state index contributed by atoms with van der Waals surface area (Å²) in [6.45, 7) is 2.41. The largest absolute Gasteiger partial charge is 0.465 e. The van der Waals surface area contributed by atoms with E-state index < -0.39 is 36.4 Å². The number of carbonyl (C=O) groups excluding carboxylic acids is 4. The smallest absolute Gasteiger partial charge is 0.328 e. The number of carbonyl (C=O) groups is 4. The third kappa shape index (κ3) is 6.73. The molecule has 30 heavy (non-hydrogen) atoms. The van der Waals surface area contributed by atoms with Gasteiger partial charge in [-0.1, -0.05) is 36.4 Å². The van der Waals surface area contributed by atoms with Crippen LogP contribution in [0.25, 0.3) is 0 Å². The molecule has 1 atom stereocenters. The molecular weight excluding hydrogens is 388 g/mol. The lowest BCUT2D eigenvalue weighted by Gasteiger charge is -2.22. The van der Waals surface area contributed by atoms with E-state index >= 15 is 0 Å². The Balaban J connectivity index is 1.95. The van der Waals surface area contributed by atoms with Gasteiger partial charge in [0.1, 0.15) is 12.6 Å². The van der Waals surface area contributed by atoms with Crippen molar-refractivity contribution in [1.82, 2.24) is 5.32 Å². The lowest BCUT2D eigenvalue weighted by Crippen LogP contribution is -2.43. The van der Waals surface area contributed by atoms with Crippen molar-refractivity contribution in [3.05, 3.63) is 66.2 Å². The number of nitrogens with zero attached hydrogens (tertiary/aromatic N) is 1. The van der Waals surface area contributed by atoms with E-state index in [0.29, 0.717) is 11.3 Å². The predicted molar refractivity (Wildman–Crippen MR) is 110 cm³/mol. The Hall–Kier alpha value is -3.68. The second kappa shape index (κ2) is 11.4. The van der Waals surface area contributed by atoms with Gasteiger partial charge in [-0.3, -0.25) is 19.3 Å². The fourth-order valence-corrected chi connectivity index (χ4v) is 2.53. The first-order chi connectivity index (χ1) is 14.4. The summed E-state index contributed by atoms with van der Waals surface area (Å²) in [5, 5.41) is 2.52. The van der Waals surface area contributed by atoms with Gasteiger partial charge >= 0.3 is 11.9 Å². The van der Waals surface area contributed by atoms with Crippen LogP contribution in [0.15, 0.2) is 60.7 Å². The van der Waals surface area contributed by atoms with Crippen molar-refractivity contribution in [2.75, 3.05) is 24.7 Å². The minimum Gasteiger partial charge on any atom is -0.465 e. The Labute approximate surface area is 174 Å². The van der Waals surface area contributed by atoms with Crippen molar-refractivity contribution in [3.8, 4) is 0 Å². The van der Waals surface area contributed by atoms with Gasteiger partial charge in [0.15, 0.2) is 6.61 Å². The van der Waals surface area contributed by atoms with Crippen molar-refractivity contribution in [3.63, 3.8) is 0 Å². The van der Waals surface area contributed by atoms with Gasteiger partial charge in [-0.15, -0.1) is 0 Å². The van der Waals surface area contributed by atoms with Crippen LogP contribution >= 0.6 is 0 Å². The van der Waals surface area contributed by atoms with E-state index in [1.165, 1.54) is 11.8 Å². The summed E-state index contributed by atoms with van der Waals surface area (Å²) in [5.74, 6) is -2.37. The number of esters is 2. The number of para-hydroxylation sites is 1. The van der Waals surface area contributed by atoms with Crippen molar-refractivity contribution >= 4 is 29.4 Å². The van der Waals surface area contributed by atoms with Gasteiger partial charge in [0.25, 0.3) is 11.8 Å². The Bertz CT molecular complexity index is 870. The predicted octanol–water partition coefficient (Wildman–Crippen LogP) is 1.94. The molecule has 2 aromatic rings. The fraction of sp³-hybridized carbons (Fsp3) is 0.273. The molecule has 0 aliphatic rings. The molecule has 0 aliphatic heterocycles. The minimum atomic E-state index is -0.958. The second-order valence-corrected chi connectivity index (χ2v) is 6.29. The van der Waals surface area contributed by atoms with Gasteiger partial charge in [-0.25, -0.2) is 4.79 Å². The van der Waals surface area contributed by atoms with Crippen molar-refractivity contribution in [2.24, 2.45) is 0 Å². The number of amides is 2. The first-order valence-electron chi connectivity index (χ1n) is 9.46. The molecule has 0 aliphatic carbocycles. The van der Waals surface area contributed by atoms with Crippen LogP contribution in [-0.4, -0.2) is 49.6 Å². The summed E-state index contributed by atoms with van der Waals surface area (Å²) in [6, 6.07) is 16.0. The van der Waals surface area contributed by atoms with E-state index in [9.17, 15) is 19.2 Å². The van der Waals surface area contributed by atoms with Crippen LogP contribution in [0.1, 0.15) is 24.2 Å². The SMILES string of the molecule is CCOC(=O)CN(C(=O)COC(=O)C(C)NC(=O)c1ccccc1)c1ccccc1. The molecule has 1 unspecified atom stereocenters. The Kier molecular flexibility index (Phi) is 8.56. The summed E-state index contributed by atoms with van der Waals surface area (Å²) in [4.78, 5) is 50.0. The number of ether oxygens (including phenoxy) is 2. The number of rotatable bonds is 9. The zero-order chi connectivity index (χ0) is 21.9. The van der Waals surface area contributed by atoms with Gasteiger partial charge < -0.3 is 14.8 Å². The number of benzene rings is 2. The second-order valence-electron chi connectivity index (χ2n) is 6.29. The summed E-state index contributed by atoms with van der Waals surface area (Å²) >= 11 is 0. The summed E-state index contributed by atoms with van der Waals surface area (Å²) in [6.07, 6.45) is 0. The average molecular weight is 412 g/mol. The molecule has 0 saturated heterocycles. The highest BCUT2D eigenvalue weighted by Gasteiger charge is 2.23. The van der Waals surface area contributed by atoms with Gasteiger partial charge in [-0.05, 0) is 38.1 Å². The number of nitrogens with one attached hydrogen (secondary N) is 1. The maximum atomic E-state index is 12.6. The van der Waals surface area contributed by atoms with Crippen LogP contribution in [0.4, 0.5) is 5.69 Å². The molecule has 8 nitrogen and oxygen atoms in total. The molecule has 0 radical (unpaired) electrons. The molecule has 2 amide bonds. The zero-order valence-electron chi connectivity index (χ0n) is 16.9. The van der Waals surface area contributed by atoms with E-state index in [1.54, 1.807) is 67.6 Å². The normalized spacial score (nSPS) is 11.1. The highest BCUT2D eigenvalue weighted by atomic mass is 16.5. The molecule has 0 aromatic heterocycles. The Morgan fingerprint density at radius 3 is 2.13 bits per heavy atom. The van der Waals surface area contributed by atoms with Crippen LogP contribution in [0.2, 0.25) is 0 Å². The van der Waals surface area contributed by atoms with Crippen LogP contribution in [0.5, 0.6) is 0 Å². The van der Waals surface area contributed by atoms with Crippen LogP contribution < -0.4 is 10.2 Å². The molecule has 2 aromatic carbocycles. The quantitative estimate of drug-likeness (QED) is 0.632. The third-order valence-electron chi connectivity index (χ3n) is 4.04. The fourth-order valence-electron chi connectivity index (χ4n) is 2.53. The standard InChI is InChI=1S/C22H24N2O6/c1-3-29-20(26)14-24(18-12-8-5-9-13-18)19(25)15-30-22(28)16(2)23-21(27)17-10-6-4-7-11-17/h4-13,16H,3,14-15H2,1-2H3,(H,23,27). The molecular formula is C22H24N2O6. The van der Waals surface area contributed by atoms with E-state index in [4.69, 9.17) is 9.47 Å². The molecule has 2 rings (SSSR count). The van der Waals surface area contributed by atoms with E-state index in [1.807, 2.05) is 0 Å². The first-order valence-corrected chi connectivity index (χ1v) is 9.46. The lowest BCUT2D eigenvalue weighted by molar-refractivity contribution is -0.149. The Morgan fingerprint density at radius 1 is 0.933 bits per heavy atom. The minimum absolute atomic E-state index is 0.184. The molecule has 0 heterocycles. The highest BCUT2D eigenvalue weighted by molar-refractivity contribution is 6.00. The van der Waals surface area contributed by atoms with E-state index in [0.717, 1.165) is 0 Å². The maximum absolute atomic E-state index is 12.6. The molecule has 0 spiro atoms.